The van der Waals surface area contributed by atoms with E-state index in [4.69, 9.17) is 9.47 Å². The zero-order valence-corrected chi connectivity index (χ0v) is 17.2. The van der Waals surface area contributed by atoms with Crippen molar-refractivity contribution >= 4 is 29.2 Å². The zero-order chi connectivity index (χ0) is 22.1. The van der Waals surface area contributed by atoms with Gasteiger partial charge in [-0.15, -0.1) is 0 Å². The van der Waals surface area contributed by atoms with Crippen LogP contribution < -0.4 is 15.0 Å². The molecule has 1 atom stereocenters. The van der Waals surface area contributed by atoms with Gasteiger partial charge in [0.05, 0.1) is 24.9 Å². The lowest BCUT2D eigenvalue weighted by molar-refractivity contribution is -0.153. The second kappa shape index (κ2) is 8.14. The SMILES string of the molecule is COc1ccc(CC(=O)O[C@H](C)C(=O)N2c3ccccc3NC(=O)C2(C)C)cc1F. The molecule has 0 fully saturated rings. The summed E-state index contributed by atoms with van der Waals surface area (Å²) in [4.78, 5) is 39.3. The number of esters is 1. The van der Waals surface area contributed by atoms with Gasteiger partial charge in [0.1, 0.15) is 5.54 Å². The fourth-order valence-electron chi connectivity index (χ4n) is 3.30. The van der Waals surface area contributed by atoms with Crippen LogP contribution >= 0.6 is 0 Å². The number of methoxy groups -OCH3 is 1. The van der Waals surface area contributed by atoms with Crippen molar-refractivity contribution in [1.82, 2.24) is 0 Å². The summed E-state index contributed by atoms with van der Waals surface area (Å²) in [6.45, 7) is 4.68. The first-order valence-corrected chi connectivity index (χ1v) is 9.41. The van der Waals surface area contributed by atoms with Gasteiger partial charge < -0.3 is 14.8 Å². The molecular formula is C22H23FN2O5. The van der Waals surface area contributed by atoms with Crippen LogP contribution in [0.2, 0.25) is 0 Å². The van der Waals surface area contributed by atoms with Crippen LogP contribution in [0.4, 0.5) is 15.8 Å². The quantitative estimate of drug-likeness (QED) is 0.760. The Hall–Kier alpha value is -3.42. The largest absolute Gasteiger partial charge is 0.494 e. The molecule has 0 saturated heterocycles. The average Bonchev–Trinajstić information content (AvgIpc) is 2.68. The highest BCUT2D eigenvalue weighted by molar-refractivity contribution is 6.15. The molecule has 1 aliphatic rings. The predicted octanol–water partition coefficient (Wildman–Crippen LogP) is 3.07. The molecule has 2 aromatic carbocycles. The number of hydrogen-bond acceptors (Lipinski definition) is 5. The highest BCUT2D eigenvalue weighted by atomic mass is 19.1. The third-order valence-corrected chi connectivity index (χ3v) is 4.95. The van der Waals surface area contributed by atoms with Crippen LogP contribution in [0.15, 0.2) is 42.5 Å². The summed E-state index contributed by atoms with van der Waals surface area (Å²) in [5.41, 5.74) is 0.237. The predicted molar refractivity (Wildman–Crippen MR) is 109 cm³/mol. The van der Waals surface area contributed by atoms with Gasteiger partial charge in [-0.1, -0.05) is 18.2 Å². The summed E-state index contributed by atoms with van der Waals surface area (Å²) in [5, 5.41) is 2.78. The monoisotopic (exact) mass is 414 g/mol. The van der Waals surface area contributed by atoms with E-state index in [9.17, 15) is 18.8 Å². The number of rotatable bonds is 5. The highest BCUT2D eigenvalue weighted by Crippen LogP contribution is 2.37. The number of amides is 2. The van der Waals surface area contributed by atoms with E-state index in [1.807, 2.05) is 0 Å². The number of halogens is 1. The van der Waals surface area contributed by atoms with E-state index < -0.39 is 29.3 Å². The molecule has 7 nitrogen and oxygen atoms in total. The molecule has 3 rings (SSSR count). The minimum absolute atomic E-state index is 0.0694. The lowest BCUT2D eigenvalue weighted by Crippen LogP contribution is -2.60. The number of carbonyl (C=O) groups is 3. The molecule has 0 aliphatic carbocycles. The molecule has 0 radical (unpaired) electrons. The topological polar surface area (TPSA) is 84.9 Å². The molecule has 0 bridgehead atoms. The van der Waals surface area contributed by atoms with Gasteiger partial charge in [-0.05, 0) is 50.6 Å². The Labute approximate surface area is 173 Å². The summed E-state index contributed by atoms with van der Waals surface area (Å²) in [6, 6.07) is 11.0. The average molecular weight is 414 g/mol. The first kappa shape index (κ1) is 21.3. The van der Waals surface area contributed by atoms with Crippen molar-refractivity contribution in [2.75, 3.05) is 17.3 Å². The van der Waals surface area contributed by atoms with E-state index in [0.717, 1.165) is 0 Å². The van der Waals surface area contributed by atoms with Crippen LogP contribution in [0.3, 0.4) is 0 Å². The number of nitrogens with one attached hydrogen (secondary N) is 1. The summed E-state index contributed by atoms with van der Waals surface area (Å²) >= 11 is 0. The summed E-state index contributed by atoms with van der Waals surface area (Å²) in [5.74, 6) is -2.09. The Morgan fingerprint density at radius 1 is 1.20 bits per heavy atom. The minimum Gasteiger partial charge on any atom is -0.494 e. The smallest absolute Gasteiger partial charge is 0.311 e. The van der Waals surface area contributed by atoms with E-state index in [-0.39, 0.29) is 18.1 Å². The van der Waals surface area contributed by atoms with Crippen LogP contribution in [0.25, 0.3) is 0 Å². The summed E-state index contributed by atoms with van der Waals surface area (Å²) in [7, 11) is 1.35. The van der Waals surface area contributed by atoms with Gasteiger partial charge in [-0.2, -0.15) is 0 Å². The molecule has 8 heteroatoms. The van der Waals surface area contributed by atoms with Crippen molar-refractivity contribution in [3.05, 3.63) is 53.8 Å². The van der Waals surface area contributed by atoms with Crippen molar-refractivity contribution < 1.29 is 28.2 Å². The highest BCUT2D eigenvalue weighted by Gasteiger charge is 2.45. The number of nitrogens with zero attached hydrogens (tertiary/aromatic N) is 1. The maximum atomic E-state index is 13.8. The van der Waals surface area contributed by atoms with E-state index >= 15 is 0 Å². The number of fused-ring (bicyclic) bond motifs is 1. The Kier molecular flexibility index (Phi) is 5.78. The van der Waals surface area contributed by atoms with Crippen molar-refractivity contribution in [1.29, 1.82) is 0 Å². The lowest BCUT2D eigenvalue weighted by Gasteiger charge is -2.42. The zero-order valence-electron chi connectivity index (χ0n) is 17.2. The van der Waals surface area contributed by atoms with Gasteiger partial charge in [0, 0.05) is 0 Å². The Morgan fingerprint density at radius 2 is 1.90 bits per heavy atom. The number of para-hydroxylation sites is 2. The maximum absolute atomic E-state index is 13.8. The fourth-order valence-corrected chi connectivity index (χ4v) is 3.30. The Balaban J connectivity index is 1.75. The van der Waals surface area contributed by atoms with Crippen LogP contribution in [-0.4, -0.2) is 36.5 Å². The van der Waals surface area contributed by atoms with Crippen LogP contribution in [0.5, 0.6) is 5.75 Å². The van der Waals surface area contributed by atoms with E-state index in [1.165, 1.54) is 31.1 Å². The molecule has 1 heterocycles. The number of carbonyl (C=O) groups excluding carboxylic acids is 3. The molecule has 0 saturated carbocycles. The molecule has 30 heavy (non-hydrogen) atoms. The van der Waals surface area contributed by atoms with Crippen molar-refractivity contribution in [3.8, 4) is 5.75 Å². The third-order valence-electron chi connectivity index (χ3n) is 4.95. The maximum Gasteiger partial charge on any atom is 0.311 e. The normalized spacial score (nSPS) is 15.6. The molecule has 1 N–H and O–H groups in total. The molecule has 158 valence electrons. The van der Waals surface area contributed by atoms with Crippen LogP contribution in [-0.2, 0) is 25.5 Å². The third kappa shape index (κ3) is 3.98. The van der Waals surface area contributed by atoms with Gasteiger partial charge in [0.15, 0.2) is 17.7 Å². The van der Waals surface area contributed by atoms with Crippen molar-refractivity contribution in [3.63, 3.8) is 0 Å². The molecular weight excluding hydrogens is 391 g/mol. The number of benzene rings is 2. The second-order valence-electron chi connectivity index (χ2n) is 7.48. The first-order valence-electron chi connectivity index (χ1n) is 9.41. The first-order chi connectivity index (χ1) is 14.1. The Bertz CT molecular complexity index is 1000. The molecule has 1 aliphatic heterocycles. The van der Waals surface area contributed by atoms with Crippen molar-refractivity contribution in [2.45, 2.75) is 38.8 Å². The van der Waals surface area contributed by atoms with E-state index in [0.29, 0.717) is 16.9 Å². The second-order valence-corrected chi connectivity index (χ2v) is 7.48. The van der Waals surface area contributed by atoms with Gasteiger partial charge in [-0.3, -0.25) is 19.3 Å². The fraction of sp³-hybridized carbons (Fsp3) is 0.318. The van der Waals surface area contributed by atoms with E-state index in [2.05, 4.69) is 5.32 Å². The molecule has 2 aromatic rings. The minimum atomic E-state index is -1.18. The van der Waals surface area contributed by atoms with Gasteiger partial charge in [0.25, 0.3) is 5.91 Å². The van der Waals surface area contributed by atoms with Gasteiger partial charge in [0.2, 0.25) is 5.91 Å². The molecule has 0 aromatic heterocycles. The standard InChI is InChI=1S/C22H23FN2O5/c1-13(30-19(26)12-14-9-10-18(29-4)15(23)11-14)20(27)25-17-8-6-5-7-16(17)24-21(28)22(25,2)3/h5-11,13H,12H2,1-4H3,(H,24,28)/t13-/m1/s1. The van der Waals surface area contributed by atoms with Gasteiger partial charge in [-0.25, -0.2) is 4.39 Å². The number of hydrogen-bond donors (Lipinski definition) is 1. The van der Waals surface area contributed by atoms with Crippen LogP contribution in [0.1, 0.15) is 26.3 Å². The summed E-state index contributed by atoms with van der Waals surface area (Å²) < 4.78 is 24.0. The number of anilines is 2. The molecule has 2 amide bonds. The number of ether oxygens (including phenoxy) is 2. The summed E-state index contributed by atoms with van der Waals surface area (Å²) in [6.07, 6.45) is -1.35. The van der Waals surface area contributed by atoms with Crippen molar-refractivity contribution in [2.24, 2.45) is 0 Å². The van der Waals surface area contributed by atoms with Gasteiger partial charge >= 0.3 is 5.97 Å². The molecule has 0 unspecified atom stereocenters. The van der Waals surface area contributed by atoms with Crippen LogP contribution in [0, 0.1) is 5.82 Å². The lowest BCUT2D eigenvalue weighted by atomic mass is 9.95. The van der Waals surface area contributed by atoms with E-state index in [1.54, 1.807) is 44.2 Å². The Morgan fingerprint density at radius 3 is 2.57 bits per heavy atom. The molecule has 0 spiro atoms.